The Morgan fingerprint density at radius 1 is 1.00 bits per heavy atom. The van der Waals surface area contributed by atoms with E-state index < -0.39 is 10.0 Å². The number of benzene rings is 1. The van der Waals surface area contributed by atoms with Gasteiger partial charge in [0.1, 0.15) is 10.7 Å². The van der Waals surface area contributed by atoms with Crippen molar-refractivity contribution < 1.29 is 12.8 Å². The minimum Gasteiger partial charge on any atom is -0.468 e. The molecule has 0 atom stereocenters. The average molecular weight is 363 g/mol. The van der Waals surface area contributed by atoms with Crippen molar-refractivity contribution in [1.29, 1.82) is 0 Å². The van der Waals surface area contributed by atoms with Gasteiger partial charge in [0.05, 0.1) is 30.1 Å². The molecule has 124 valence electrons. The second-order valence-corrected chi connectivity index (χ2v) is 7.42. The first-order valence-electron chi connectivity index (χ1n) is 7.24. The van der Waals surface area contributed by atoms with Crippen LogP contribution in [0, 0.1) is 0 Å². The Morgan fingerprint density at radius 3 is 2.46 bits per heavy atom. The van der Waals surface area contributed by atoms with Crippen molar-refractivity contribution in [3.05, 3.63) is 83.5 Å². The lowest BCUT2D eigenvalue weighted by Crippen LogP contribution is -2.30. The SMILES string of the molecule is O=S(=O)(c1ccccc1Cl)N(Cc1ccccn1)Cc1ccco1. The van der Waals surface area contributed by atoms with Crippen molar-refractivity contribution in [2.75, 3.05) is 0 Å². The molecule has 0 aliphatic rings. The molecular formula is C17H15ClN2O3S. The Balaban J connectivity index is 1.98. The van der Waals surface area contributed by atoms with E-state index >= 15 is 0 Å². The van der Waals surface area contributed by atoms with Gasteiger partial charge in [-0.25, -0.2) is 8.42 Å². The monoisotopic (exact) mass is 362 g/mol. The van der Waals surface area contributed by atoms with Gasteiger partial charge in [0.15, 0.2) is 0 Å². The van der Waals surface area contributed by atoms with Gasteiger partial charge in [-0.05, 0) is 36.4 Å². The number of aromatic nitrogens is 1. The molecule has 0 fully saturated rings. The van der Waals surface area contributed by atoms with Crippen molar-refractivity contribution in [3.63, 3.8) is 0 Å². The van der Waals surface area contributed by atoms with Crippen LogP contribution in [0.15, 0.2) is 76.4 Å². The molecule has 0 spiro atoms. The topological polar surface area (TPSA) is 63.4 Å². The third-order valence-electron chi connectivity index (χ3n) is 3.43. The number of hydrogen-bond donors (Lipinski definition) is 0. The van der Waals surface area contributed by atoms with E-state index in [-0.39, 0.29) is 23.0 Å². The van der Waals surface area contributed by atoms with E-state index in [0.717, 1.165) is 0 Å². The Kier molecular flexibility index (Phi) is 4.99. The van der Waals surface area contributed by atoms with Crippen molar-refractivity contribution in [1.82, 2.24) is 9.29 Å². The van der Waals surface area contributed by atoms with Crippen molar-refractivity contribution in [2.45, 2.75) is 18.0 Å². The normalized spacial score (nSPS) is 11.8. The van der Waals surface area contributed by atoms with E-state index in [0.29, 0.717) is 11.5 Å². The van der Waals surface area contributed by atoms with Crippen LogP contribution < -0.4 is 0 Å². The Hall–Kier alpha value is -2.15. The van der Waals surface area contributed by atoms with Crippen LogP contribution in [0.5, 0.6) is 0 Å². The first-order chi connectivity index (χ1) is 11.6. The van der Waals surface area contributed by atoms with E-state index in [1.165, 1.54) is 16.6 Å². The van der Waals surface area contributed by atoms with Gasteiger partial charge in [-0.3, -0.25) is 4.98 Å². The molecule has 0 amide bonds. The molecule has 0 N–H and O–H groups in total. The first-order valence-corrected chi connectivity index (χ1v) is 9.06. The molecule has 0 aliphatic carbocycles. The van der Waals surface area contributed by atoms with Gasteiger partial charge in [-0.2, -0.15) is 4.31 Å². The summed E-state index contributed by atoms with van der Waals surface area (Å²) in [6.45, 7) is 0.215. The number of furan rings is 1. The molecule has 5 nitrogen and oxygen atoms in total. The lowest BCUT2D eigenvalue weighted by Gasteiger charge is -2.21. The lowest BCUT2D eigenvalue weighted by atomic mass is 10.3. The number of hydrogen-bond acceptors (Lipinski definition) is 4. The molecule has 7 heteroatoms. The van der Waals surface area contributed by atoms with Crippen molar-refractivity contribution in [2.24, 2.45) is 0 Å². The van der Waals surface area contributed by atoms with Crippen LogP contribution in [0.2, 0.25) is 5.02 Å². The third kappa shape index (κ3) is 3.67. The standard InChI is InChI=1S/C17H15ClN2O3S/c18-16-8-1-2-9-17(16)24(21,22)20(13-15-7-5-11-23-15)12-14-6-3-4-10-19-14/h1-11H,12-13H2. The van der Waals surface area contributed by atoms with Gasteiger partial charge in [0, 0.05) is 6.20 Å². The second kappa shape index (κ2) is 7.17. The molecule has 24 heavy (non-hydrogen) atoms. The number of pyridine rings is 1. The van der Waals surface area contributed by atoms with Crippen LogP contribution in [0.3, 0.4) is 0 Å². The summed E-state index contributed by atoms with van der Waals surface area (Å²) in [6.07, 6.45) is 3.14. The van der Waals surface area contributed by atoms with Crippen molar-refractivity contribution >= 4 is 21.6 Å². The zero-order valence-electron chi connectivity index (χ0n) is 12.7. The molecule has 0 radical (unpaired) electrons. The first kappa shape index (κ1) is 16.7. The van der Waals surface area contributed by atoms with Gasteiger partial charge in [0.2, 0.25) is 10.0 Å². The van der Waals surface area contributed by atoms with Gasteiger partial charge in [0.25, 0.3) is 0 Å². The zero-order valence-corrected chi connectivity index (χ0v) is 14.2. The van der Waals surface area contributed by atoms with Crippen LogP contribution in [0.25, 0.3) is 0 Å². The highest BCUT2D eigenvalue weighted by Gasteiger charge is 2.28. The van der Waals surface area contributed by atoms with Crippen LogP contribution in [-0.4, -0.2) is 17.7 Å². The molecule has 0 saturated heterocycles. The summed E-state index contributed by atoms with van der Waals surface area (Å²) in [6, 6.07) is 15.2. The second-order valence-electron chi connectivity index (χ2n) is 5.10. The molecule has 2 aromatic heterocycles. The third-order valence-corrected chi connectivity index (χ3v) is 5.72. The molecular weight excluding hydrogens is 348 g/mol. The molecule has 1 aromatic carbocycles. The summed E-state index contributed by atoms with van der Waals surface area (Å²) in [5, 5.41) is 0.183. The van der Waals surface area contributed by atoms with Crippen LogP contribution in [0.4, 0.5) is 0 Å². The van der Waals surface area contributed by atoms with Crippen LogP contribution in [-0.2, 0) is 23.1 Å². The molecule has 0 saturated carbocycles. The van der Waals surface area contributed by atoms with Gasteiger partial charge < -0.3 is 4.42 Å². The van der Waals surface area contributed by atoms with Crippen LogP contribution in [0.1, 0.15) is 11.5 Å². The molecule has 0 bridgehead atoms. The van der Waals surface area contributed by atoms with Gasteiger partial charge >= 0.3 is 0 Å². The number of halogens is 1. The Labute approximate surface area is 145 Å². The lowest BCUT2D eigenvalue weighted by molar-refractivity contribution is 0.355. The molecule has 3 rings (SSSR count). The number of sulfonamides is 1. The largest absolute Gasteiger partial charge is 0.468 e. The molecule has 0 unspecified atom stereocenters. The van der Waals surface area contributed by atoms with Crippen molar-refractivity contribution in [3.8, 4) is 0 Å². The van der Waals surface area contributed by atoms with E-state index in [1.54, 1.807) is 48.7 Å². The molecule has 3 aromatic rings. The fraction of sp³-hybridized carbons (Fsp3) is 0.118. The van der Waals surface area contributed by atoms with Crippen LogP contribution >= 0.6 is 11.6 Å². The highest BCUT2D eigenvalue weighted by molar-refractivity contribution is 7.89. The van der Waals surface area contributed by atoms with E-state index in [9.17, 15) is 8.42 Å². The van der Waals surface area contributed by atoms with Gasteiger partial charge in [-0.1, -0.05) is 29.8 Å². The maximum Gasteiger partial charge on any atom is 0.245 e. The zero-order chi connectivity index (χ0) is 17.0. The highest BCUT2D eigenvalue weighted by atomic mass is 35.5. The van der Waals surface area contributed by atoms with E-state index in [1.807, 2.05) is 6.07 Å². The average Bonchev–Trinajstić information content (AvgIpc) is 3.08. The smallest absolute Gasteiger partial charge is 0.245 e. The predicted molar refractivity (Wildman–Crippen MR) is 90.8 cm³/mol. The summed E-state index contributed by atoms with van der Waals surface area (Å²) in [5.74, 6) is 0.543. The summed E-state index contributed by atoms with van der Waals surface area (Å²) in [7, 11) is -3.80. The van der Waals surface area contributed by atoms with Gasteiger partial charge in [-0.15, -0.1) is 0 Å². The Bertz CT molecular complexity index is 897. The predicted octanol–water partition coefficient (Wildman–Crippen LogP) is 3.72. The maximum atomic E-state index is 13.1. The number of nitrogens with zero attached hydrogens (tertiary/aromatic N) is 2. The number of rotatable bonds is 6. The maximum absolute atomic E-state index is 13.1. The Morgan fingerprint density at radius 2 is 1.79 bits per heavy atom. The fourth-order valence-corrected chi connectivity index (χ4v) is 4.14. The molecule has 0 aliphatic heterocycles. The summed E-state index contributed by atoms with van der Waals surface area (Å²) in [5.41, 5.74) is 0.639. The quantitative estimate of drug-likeness (QED) is 0.670. The summed E-state index contributed by atoms with van der Waals surface area (Å²) < 4.78 is 32.7. The molecule has 2 heterocycles. The minimum atomic E-state index is -3.80. The summed E-state index contributed by atoms with van der Waals surface area (Å²) in [4.78, 5) is 4.27. The fourth-order valence-electron chi connectivity index (χ4n) is 2.27. The summed E-state index contributed by atoms with van der Waals surface area (Å²) >= 11 is 6.09. The minimum absolute atomic E-state index is 0.0640. The van der Waals surface area contributed by atoms with E-state index in [4.69, 9.17) is 16.0 Å². The van der Waals surface area contributed by atoms with E-state index in [2.05, 4.69) is 4.98 Å². The highest BCUT2D eigenvalue weighted by Crippen LogP contribution is 2.26.